The summed E-state index contributed by atoms with van der Waals surface area (Å²) in [5.41, 5.74) is 1.98. The average Bonchev–Trinajstić information content (AvgIpc) is 3.21. The first-order valence-electron chi connectivity index (χ1n) is 9.26. The van der Waals surface area contributed by atoms with Gasteiger partial charge in [-0.05, 0) is 24.6 Å². The maximum atomic E-state index is 12.0. The van der Waals surface area contributed by atoms with E-state index < -0.39 is 5.97 Å². The van der Waals surface area contributed by atoms with Crippen molar-refractivity contribution in [2.24, 2.45) is 0 Å². The van der Waals surface area contributed by atoms with Gasteiger partial charge in [-0.3, -0.25) is 9.59 Å². The number of hydrogen-bond acceptors (Lipinski definition) is 4. The number of rotatable bonds is 8. The van der Waals surface area contributed by atoms with Gasteiger partial charge >= 0.3 is 5.97 Å². The molecule has 0 saturated carbocycles. The van der Waals surface area contributed by atoms with Crippen LogP contribution < -0.4 is 5.32 Å². The van der Waals surface area contributed by atoms with Crippen molar-refractivity contribution in [3.63, 3.8) is 0 Å². The smallest absolute Gasteiger partial charge is 0.306 e. The van der Waals surface area contributed by atoms with E-state index in [9.17, 15) is 9.59 Å². The molecule has 0 bridgehead atoms. The molecule has 3 aromatic rings. The SMILES string of the molecule is C[C@@H](NC(=O)COC(=O)CCc1ccc(-c2ccccc2)o1)c1ccccc1. The molecular formula is C23H23NO4. The molecular weight excluding hydrogens is 354 g/mol. The van der Waals surface area contributed by atoms with Gasteiger partial charge in [0.25, 0.3) is 5.91 Å². The molecule has 1 amide bonds. The molecule has 0 aliphatic carbocycles. The molecule has 1 heterocycles. The van der Waals surface area contributed by atoms with E-state index in [1.165, 1.54) is 0 Å². The topological polar surface area (TPSA) is 68.5 Å². The Labute approximate surface area is 164 Å². The number of esters is 1. The zero-order valence-electron chi connectivity index (χ0n) is 15.8. The Kier molecular flexibility index (Phi) is 6.63. The molecule has 5 heteroatoms. The summed E-state index contributed by atoms with van der Waals surface area (Å²) in [7, 11) is 0. The molecule has 5 nitrogen and oxygen atoms in total. The van der Waals surface area contributed by atoms with Gasteiger partial charge in [0.05, 0.1) is 12.5 Å². The summed E-state index contributed by atoms with van der Waals surface area (Å²) < 4.78 is 10.8. The molecule has 0 fully saturated rings. The summed E-state index contributed by atoms with van der Waals surface area (Å²) in [6.07, 6.45) is 0.580. The fourth-order valence-corrected chi connectivity index (χ4v) is 2.82. The van der Waals surface area contributed by atoms with Gasteiger partial charge in [-0.1, -0.05) is 60.7 Å². The van der Waals surface area contributed by atoms with Crippen molar-refractivity contribution in [3.05, 3.63) is 84.1 Å². The van der Waals surface area contributed by atoms with Crippen molar-refractivity contribution in [3.8, 4) is 11.3 Å². The number of furan rings is 1. The van der Waals surface area contributed by atoms with Crippen molar-refractivity contribution in [2.75, 3.05) is 6.61 Å². The van der Waals surface area contributed by atoms with Crippen LogP contribution in [-0.4, -0.2) is 18.5 Å². The molecule has 0 radical (unpaired) electrons. The highest BCUT2D eigenvalue weighted by Gasteiger charge is 2.13. The van der Waals surface area contributed by atoms with E-state index in [-0.39, 0.29) is 25.0 Å². The Morgan fingerprint density at radius 2 is 1.64 bits per heavy atom. The summed E-state index contributed by atoms with van der Waals surface area (Å²) in [6.45, 7) is 1.60. The third-order valence-electron chi connectivity index (χ3n) is 4.34. The molecule has 144 valence electrons. The highest BCUT2D eigenvalue weighted by molar-refractivity contribution is 5.80. The van der Waals surface area contributed by atoms with Crippen LogP contribution in [0.25, 0.3) is 11.3 Å². The largest absolute Gasteiger partial charge is 0.461 e. The van der Waals surface area contributed by atoms with E-state index in [0.29, 0.717) is 12.2 Å². The molecule has 0 saturated heterocycles. The van der Waals surface area contributed by atoms with Gasteiger partial charge in [0.15, 0.2) is 6.61 Å². The molecule has 0 aliphatic heterocycles. The van der Waals surface area contributed by atoms with Crippen molar-refractivity contribution in [2.45, 2.75) is 25.8 Å². The second-order valence-electron chi connectivity index (χ2n) is 6.49. The number of benzene rings is 2. The maximum Gasteiger partial charge on any atom is 0.306 e. The molecule has 1 N–H and O–H groups in total. The van der Waals surface area contributed by atoms with Crippen LogP contribution in [0.3, 0.4) is 0 Å². The Morgan fingerprint density at radius 3 is 2.36 bits per heavy atom. The van der Waals surface area contributed by atoms with Gasteiger partial charge in [-0.15, -0.1) is 0 Å². The van der Waals surface area contributed by atoms with Gasteiger partial charge < -0.3 is 14.5 Å². The van der Waals surface area contributed by atoms with Gasteiger partial charge in [0.2, 0.25) is 0 Å². The van der Waals surface area contributed by atoms with E-state index in [2.05, 4.69) is 5.32 Å². The zero-order valence-corrected chi connectivity index (χ0v) is 15.8. The average molecular weight is 377 g/mol. The van der Waals surface area contributed by atoms with Crippen molar-refractivity contribution in [1.82, 2.24) is 5.32 Å². The Bertz CT molecular complexity index is 903. The third-order valence-corrected chi connectivity index (χ3v) is 4.34. The summed E-state index contributed by atoms with van der Waals surface area (Å²) in [6, 6.07) is 23.0. The van der Waals surface area contributed by atoms with E-state index >= 15 is 0 Å². The number of hydrogen-bond donors (Lipinski definition) is 1. The number of carbonyl (C=O) groups is 2. The van der Waals surface area contributed by atoms with Crippen molar-refractivity contribution >= 4 is 11.9 Å². The molecule has 3 rings (SSSR count). The van der Waals surface area contributed by atoms with Crippen LogP contribution in [0.5, 0.6) is 0 Å². The first kappa shape index (κ1) is 19.4. The fourth-order valence-electron chi connectivity index (χ4n) is 2.82. The Balaban J connectivity index is 1.40. The van der Waals surface area contributed by atoms with Gasteiger partial charge in [-0.2, -0.15) is 0 Å². The third kappa shape index (κ3) is 5.58. The molecule has 1 atom stereocenters. The minimum Gasteiger partial charge on any atom is -0.461 e. The predicted octanol–water partition coefficient (Wildman–Crippen LogP) is 4.30. The quantitative estimate of drug-likeness (QED) is 0.594. The van der Waals surface area contributed by atoms with Crippen LogP contribution in [0.2, 0.25) is 0 Å². The van der Waals surface area contributed by atoms with Crippen LogP contribution in [0.1, 0.15) is 30.7 Å². The van der Waals surface area contributed by atoms with Gasteiger partial charge in [0.1, 0.15) is 11.5 Å². The van der Waals surface area contributed by atoms with E-state index in [1.54, 1.807) is 0 Å². The van der Waals surface area contributed by atoms with E-state index in [4.69, 9.17) is 9.15 Å². The van der Waals surface area contributed by atoms with Crippen LogP contribution >= 0.6 is 0 Å². The number of carbonyl (C=O) groups excluding carboxylic acids is 2. The van der Waals surface area contributed by atoms with Gasteiger partial charge in [0, 0.05) is 12.0 Å². The number of aryl methyl sites for hydroxylation is 1. The first-order chi connectivity index (χ1) is 13.6. The van der Waals surface area contributed by atoms with Crippen LogP contribution in [0.4, 0.5) is 0 Å². The minimum absolute atomic E-state index is 0.146. The first-order valence-corrected chi connectivity index (χ1v) is 9.26. The normalized spacial score (nSPS) is 11.6. The lowest BCUT2D eigenvalue weighted by molar-refractivity contribution is -0.148. The fraction of sp³-hybridized carbons (Fsp3) is 0.217. The highest BCUT2D eigenvalue weighted by atomic mass is 16.5. The maximum absolute atomic E-state index is 12.0. The van der Waals surface area contributed by atoms with Crippen LogP contribution in [0.15, 0.2) is 77.2 Å². The van der Waals surface area contributed by atoms with Crippen LogP contribution in [0, 0.1) is 0 Å². The second kappa shape index (κ2) is 9.55. The molecule has 0 spiro atoms. The van der Waals surface area contributed by atoms with Gasteiger partial charge in [-0.25, -0.2) is 0 Å². The molecule has 0 unspecified atom stereocenters. The highest BCUT2D eigenvalue weighted by Crippen LogP contribution is 2.22. The summed E-state index contributed by atoms with van der Waals surface area (Å²) in [5.74, 6) is 0.713. The number of amides is 1. The van der Waals surface area contributed by atoms with Crippen molar-refractivity contribution < 1.29 is 18.7 Å². The lowest BCUT2D eigenvalue weighted by Crippen LogP contribution is -2.31. The van der Waals surface area contributed by atoms with E-state index in [0.717, 1.165) is 16.9 Å². The zero-order chi connectivity index (χ0) is 19.8. The Morgan fingerprint density at radius 1 is 0.964 bits per heavy atom. The summed E-state index contributed by atoms with van der Waals surface area (Å²) >= 11 is 0. The second-order valence-corrected chi connectivity index (χ2v) is 6.49. The summed E-state index contributed by atoms with van der Waals surface area (Å²) in [4.78, 5) is 23.9. The standard InChI is InChI=1S/C23H23NO4/c1-17(18-8-4-2-5-9-18)24-22(25)16-27-23(26)15-13-20-12-14-21(28-20)19-10-6-3-7-11-19/h2-12,14,17H,13,15-16H2,1H3,(H,24,25)/t17-/m1/s1. The number of nitrogens with one attached hydrogen (secondary N) is 1. The monoisotopic (exact) mass is 377 g/mol. The predicted molar refractivity (Wildman–Crippen MR) is 106 cm³/mol. The minimum atomic E-state index is -0.430. The summed E-state index contributed by atoms with van der Waals surface area (Å²) in [5, 5.41) is 2.81. The molecule has 1 aromatic heterocycles. The lowest BCUT2D eigenvalue weighted by Gasteiger charge is -2.14. The van der Waals surface area contributed by atoms with E-state index in [1.807, 2.05) is 79.7 Å². The van der Waals surface area contributed by atoms with Crippen molar-refractivity contribution in [1.29, 1.82) is 0 Å². The molecule has 28 heavy (non-hydrogen) atoms. The van der Waals surface area contributed by atoms with Crippen LogP contribution in [-0.2, 0) is 20.7 Å². The number of ether oxygens (including phenoxy) is 1. The lowest BCUT2D eigenvalue weighted by atomic mass is 10.1. The molecule has 2 aromatic carbocycles. The molecule has 0 aliphatic rings. The Hall–Kier alpha value is -3.34.